The lowest BCUT2D eigenvalue weighted by Gasteiger charge is -2.29. The average molecular weight is 501 g/mol. The van der Waals surface area contributed by atoms with Crippen molar-refractivity contribution < 1.29 is 4.79 Å². The van der Waals surface area contributed by atoms with Gasteiger partial charge in [0.05, 0.1) is 0 Å². The molecule has 0 atom stereocenters. The average Bonchev–Trinajstić information content (AvgIpc) is 2.69. The lowest BCUT2D eigenvalue weighted by Crippen LogP contribution is -2.40. The Morgan fingerprint density at radius 2 is 1.75 bits per heavy atom. The van der Waals surface area contributed by atoms with Crippen LogP contribution in [0.3, 0.4) is 0 Å². The Labute approximate surface area is 187 Å². The monoisotopic (exact) mass is 501 g/mol. The molecule has 1 aliphatic heterocycles. The van der Waals surface area contributed by atoms with Gasteiger partial charge in [-0.1, -0.05) is 19.1 Å². The van der Waals surface area contributed by atoms with Gasteiger partial charge in [0.15, 0.2) is 5.96 Å². The van der Waals surface area contributed by atoms with Crippen LogP contribution in [-0.4, -0.2) is 69.0 Å². The summed E-state index contributed by atoms with van der Waals surface area (Å²) >= 11 is 0. The van der Waals surface area contributed by atoms with Crippen molar-refractivity contribution in [2.24, 2.45) is 4.99 Å². The van der Waals surface area contributed by atoms with Crippen molar-refractivity contribution in [1.29, 1.82) is 0 Å². The summed E-state index contributed by atoms with van der Waals surface area (Å²) < 4.78 is 0. The molecule has 0 unspecified atom stereocenters. The highest BCUT2D eigenvalue weighted by Crippen LogP contribution is 2.20. The van der Waals surface area contributed by atoms with E-state index in [0.717, 1.165) is 38.6 Å². The van der Waals surface area contributed by atoms with Crippen LogP contribution >= 0.6 is 24.0 Å². The van der Waals surface area contributed by atoms with Crippen molar-refractivity contribution in [2.75, 3.05) is 52.2 Å². The Morgan fingerprint density at radius 1 is 1.11 bits per heavy atom. The third kappa shape index (κ3) is 7.85. The molecule has 1 aromatic carbocycles. The lowest BCUT2D eigenvalue weighted by molar-refractivity contribution is -0.127. The maximum atomic E-state index is 11.9. The van der Waals surface area contributed by atoms with Crippen LogP contribution in [0.2, 0.25) is 0 Å². The molecule has 0 saturated carbocycles. The first-order valence-corrected chi connectivity index (χ1v) is 10.0. The van der Waals surface area contributed by atoms with Gasteiger partial charge in [-0.2, -0.15) is 0 Å². The maximum absolute atomic E-state index is 11.9. The molecule has 28 heavy (non-hydrogen) atoms. The molecule has 1 N–H and O–H groups in total. The molecular formula is C21H36IN5O. The van der Waals surface area contributed by atoms with Gasteiger partial charge < -0.3 is 20.0 Å². The van der Waals surface area contributed by atoms with Gasteiger partial charge in [0.2, 0.25) is 5.91 Å². The Morgan fingerprint density at radius 3 is 2.32 bits per heavy atom. The fourth-order valence-electron chi connectivity index (χ4n) is 3.15. The van der Waals surface area contributed by atoms with Crippen molar-refractivity contribution >= 4 is 41.5 Å². The maximum Gasteiger partial charge on any atom is 0.243 e. The standard InChI is InChI=1S/C21H35N5O.HI/c1-5-13-22-21(23-16-20(27)24(2)3)25(4)17-18-9-11-19(12-10-18)26-14-7-6-8-15-26;/h9-12H,5-8,13-17H2,1-4H3,(H,22,23);1H. The van der Waals surface area contributed by atoms with Gasteiger partial charge >= 0.3 is 0 Å². The molecule has 2 rings (SSSR count). The van der Waals surface area contributed by atoms with E-state index >= 15 is 0 Å². The van der Waals surface area contributed by atoms with Gasteiger partial charge in [0, 0.05) is 53.0 Å². The molecule has 1 saturated heterocycles. The summed E-state index contributed by atoms with van der Waals surface area (Å²) in [6, 6.07) is 8.84. The van der Waals surface area contributed by atoms with E-state index in [1.165, 1.54) is 30.5 Å². The van der Waals surface area contributed by atoms with Crippen LogP contribution < -0.4 is 10.2 Å². The third-order valence-electron chi connectivity index (χ3n) is 4.83. The van der Waals surface area contributed by atoms with Crippen LogP contribution in [0, 0.1) is 0 Å². The van der Waals surface area contributed by atoms with Crippen molar-refractivity contribution in [3.63, 3.8) is 0 Å². The van der Waals surface area contributed by atoms with Crippen LogP contribution in [0.1, 0.15) is 38.2 Å². The molecule has 1 heterocycles. The summed E-state index contributed by atoms with van der Waals surface area (Å²) in [6.07, 6.45) is 4.94. The molecular weight excluding hydrogens is 465 g/mol. The van der Waals surface area contributed by atoms with Crippen molar-refractivity contribution in [3.05, 3.63) is 29.8 Å². The molecule has 0 aromatic heterocycles. The molecule has 0 bridgehead atoms. The van der Waals surface area contributed by atoms with Crippen LogP contribution in [0.25, 0.3) is 0 Å². The molecule has 1 aromatic rings. The number of nitrogens with one attached hydrogen (secondary N) is 1. The number of carbonyl (C=O) groups is 1. The van der Waals surface area contributed by atoms with E-state index in [1.54, 1.807) is 19.0 Å². The number of piperidine rings is 1. The molecule has 0 radical (unpaired) electrons. The van der Waals surface area contributed by atoms with Crippen LogP contribution in [0.4, 0.5) is 5.69 Å². The van der Waals surface area contributed by atoms with E-state index in [0.29, 0.717) is 0 Å². The number of likely N-dealkylation sites (N-methyl/N-ethyl adjacent to an activating group) is 1. The Kier molecular flexibility index (Phi) is 11.3. The predicted molar refractivity (Wildman–Crippen MR) is 129 cm³/mol. The molecule has 1 fully saturated rings. The summed E-state index contributed by atoms with van der Waals surface area (Å²) in [5.74, 6) is 0.775. The Bertz CT molecular complexity index is 612. The van der Waals surface area contributed by atoms with Gasteiger partial charge in [0.1, 0.15) is 6.54 Å². The van der Waals surface area contributed by atoms with Crippen LogP contribution in [0.15, 0.2) is 29.3 Å². The minimum atomic E-state index is 0. The van der Waals surface area contributed by atoms with Gasteiger partial charge in [-0.3, -0.25) is 4.79 Å². The first kappa shape index (κ1) is 24.5. The Hall–Kier alpha value is -1.51. The summed E-state index contributed by atoms with van der Waals surface area (Å²) in [6.45, 7) is 6.21. The number of carbonyl (C=O) groups excluding carboxylic acids is 1. The first-order valence-electron chi connectivity index (χ1n) is 10.0. The van der Waals surface area contributed by atoms with Gasteiger partial charge in [0.25, 0.3) is 0 Å². The molecule has 6 nitrogen and oxygen atoms in total. The largest absolute Gasteiger partial charge is 0.372 e. The van der Waals surface area contributed by atoms with Crippen molar-refractivity contribution in [2.45, 2.75) is 39.2 Å². The molecule has 0 aliphatic carbocycles. The number of anilines is 1. The number of benzene rings is 1. The fourth-order valence-corrected chi connectivity index (χ4v) is 3.15. The van der Waals surface area contributed by atoms with E-state index in [9.17, 15) is 4.79 Å². The van der Waals surface area contributed by atoms with Crippen LogP contribution in [0.5, 0.6) is 0 Å². The number of hydrogen-bond acceptors (Lipinski definition) is 3. The number of hydrogen-bond donors (Lipinski definition) is 1. The van der Waals surface area contributed by atoms with Crippen molar-refractivity contribution in [3.8, 4) is 0 Å². The third-order valence-corrected chi connectivity index (χ3v) is 4.83. The molecule has 1 aliphatic rings. The zero-order valence-electron chi connectivity index (χ0n) is 17.8. The summed E-state index contributed by atoms with van der Waals surface area (Å²) in [7, 11) is 5.52. The second-order valence-corrected chi connectivity index (χ2v) is 7.42. The minimum absolute atomic E-state index is 0. The quantitative estimate of drug-likeness (QED) is 0.355. The lowest BCUT2D eigenvalue weighted by atomic mass is 10.1. The number of amides is 1. The van der Waals surface area contributed by atoms with Gasteiger partial charge in [-0.15, -0.1) is 24.0 Å². The number of nitrogens with zero attached hydrogens (tertiary/aromatic N) is 4. The van der Waals surface area contributed by atoms with E-state index in [1.807, 2.05) is 7.05 Å². The van der Waals surface area contributed by atoms with E-state index in [-0.39, 0.29) is 36.4 Å². The topological polar surface area (TPSA) is 51.2 Å². The number of guanidine groups is 1. The molecule has 7 heteroatoms. The number of rotatable bonds is 7. The van der Waals surface area contributed by atoms with Crippen molar-refractivity contribution in [1.82, 2.24) is 15.1 Å². The van der Waals surface area contributed by atoms with E-state index in [2.05, 4.69) is 51.3 Å². The summed E-state index contributed by atoms with van der Waals surface area (Å²) in [4.78, 5) is 22.5. The first-order chi connectivity index (χ1) is 13.0. The molecule has 0 spiro atoms. The number of halogens is 1. The molecule has 1 amide bonds. The van der Waals surface area contributed by atoms with E-state index in [4.69, 9.17) is 0 Å². The zero-order valence-corrected chi connectivity index (χ0v) is 20.1. The van der Waals surface area contributed by atoms with Gasteiger partial charge in [-0.05, 0) is 43.4 Å². The van der Waals surface area contributed by atoms with E-state index < -0.39 is 0 Å². The second-order valence-electron chi connectivity index (χ2n) is 7.42. The van der Waals surface area contributed by atoms with Gasteiger partial charge in [-0.25, -0.2) is 4.99 Å². The summed E-state index contributed by atoms with van der Waals surface area (Å²) in [5.41, 5.74) is 2.55. The Balaban J connectivity index is 0.00000392. The summed E-state index contributed by atoms with van der Waals surface area (Å²) in [5, 5.41) is 3.34. The fraction of sp³-hybridized carbons (Fsp3) is 0.619. The minimum Gasteiger partial charge on any atom is -0.372 e. The SMILES string of the molecule is CCCNC(=NCC(=O)N(C)C)N(C)Cc1ccc(N2CCCCC2)cc1.I. The smallest absolute Gasteiger partial charge is 0.243 e. The molecule has 158 valence electrons. The zero-order chi connectivity index (χ0) is 19.6. The highest BCUT2D eigenvalue weighted by Gasteiger charge is 2.12. The van der Waals surface area contributed by atoms with Crippen LogP contribution in [-0.2, 0) is 11.3 Å². The second kappa shape index (κ2) is 12.9. The predicted octanol–water partition coefficient (Wildman–Crippen LogP) is 3.17. The number of aliphatic imine (C=N–C) groups is 1. The highest BCUT2D eigenvalue weighted by molar-refractivity contribution is 14.0. The highest BCUT2D eigenvalue weighted by atomic mass is 127. The normalized spacial score (nSPS) is 14.3.